The molecular formula is C48H28O2Se. The van der Waals surface area contributed by atoms with Crippen LogP contribution in [0.1, 0.15) is 0 Å². The van der Waals surface area contributed by atoms with Gasteiger partial charge in [-0.3, -0.25) is 0 Å². The van der Waals surface area contributed by atoms with Crippen LogP contribution in [0.25, 0.3) is 107 Å². The van der Waals surface area contributed by atoms with Crippen molar-refractivity contribution in [3.63, 3.8) is 0 Å². The molecule has 0 bridgehead atoms. The zero-order valence-electron chi connectivity index (χ0n) is 27.4. The molecule has 238 valence electrons. The van der Waals surface area contributed by atoms with Crippen LogP contribution in [0.3, 0.4) is 0 Å². The summed E-state index contributed by atoms with van der Waals surface area (Å²) in [6, 6.07) is 57.3. The molecule has 0 N–H and O–H groups in total. The monoisotopic (exact) mass is 716 g/mol. The Morgan fingerprint density at radius 3 is 1.25 bits per heavy atom. The van der Waals surface area contributed by atoms with Crippen molar-refractivity contribution < 1.29 is 8.83 Å². The number of furan rings is 2. The standard InChI is InChI=1S/C48H28O2Se/c1-5-16-34-30(12-1)44(31-13-2-6-17-35(31)46(34)41-22-10-26-49-41)29-24-25-43-40(28-29)38-20-9-21-39(48(38)51-43)45-32-14-3-7-18-36(32)47(42-23-11-27-50-42)37-19-8-4-15-33(37)45/h1-28H. The van der Waals surface area contributed by atoms with Gasteiger partial charge in [0.25, 0.3) is 0 Å². The van der Waals surface area contributed by atoms with E-state index in [9.17, 15) is 0 Å². The van der Waals surface area contributed by atoms with E-state index in [1.807, 2.05) is 12.1 Å². The van der Waals surface area contributed by atoms with Crippen molar-refractivity contribution in [3.05, 3.63) is 170 Å². The molecule has 0 amide bonds. The quantitative estimate of drug-likeness (QED) is 0.134. The van der Waals surface area contributed by atoms with E-state index in [0.29, 0.717) is 0 Å². The molecular weight excluding hydrogens is 687 g/mol. The Morgan fingerprint density at radius 1 is 0.333 bits per heavy atom. The third-order valence-electron chi connectivity index (χ3n) is 10.5. The van der Waals surface area contributed by atoms with Gasteiger partial charge in [0, 0.05) is 0 Å². The summed E-state index contributed by atoms with van der Waals surface area (Å²) in [7, 11) is 0. The van der Waals surface area contributed by atoms with Crippen LogP contribution in [0.4, 0.5) is 0 Å². The van der Waals surface area contributed by atoms with Crippen LogP contribution in [0, 0.1) is 0 Å². The predicted molar refractivity (Wildman–Crippen MR) is 215 cm³/mol. The van der Waals surface area contributed by atoms with Crippen LogP contribution in [0.5, 0.6) is 0 Å². The fourth-order valence-corrected chi connectivity index (χ4v) is 10.9. The van der Waals surface area contributed by atoms with E-state index in [2.05, 4.69) is 146 Å². The molecule has 2 nitrogen and oxygen atoms in total. The van der Waals surface area contributed by atoms with E-state index in [0.717, 1.165) is 22.6 Å². The topological polar surface area (TPSA) is 26.3 Å². The van der Waals surface area contributed by atoms with Gasteiger partial charge in [-0.2, -0.15) is 0 Å². The maximum absolute atomic E-state index is 6.02. The molecule has 0 spiro atoms. The number of rotatable bonds is 4. The van der Waals surface area contributed by atoms with E-state index in [1.165, 1.54) is 84.6 Å². The SMILES string of the molecule is c1coc(-c2c3ccccc3c(-c3ccc4[se]c5c(-c6c7ccccc7c(-c7ccco7)c7ccccc67)cccc5c4c3)c3ccccc23)c1. The second kappa shape index (κ2) is 11.2. The molecule has 0 fully saturated rings. The molecule has 8 aromatic carbocycles. The van der Waals surface area contributed by atoms with Crippen LogP contribution >= 0.6 is 0 Å². The summed E-state index contributed by atoms with van der Waals surface area (Å²) in [5.74, 6) is 1.79. The minimum absolute atomic E-state index is 0.148. The average Bonchev–Trinajstić information content (AvgIpc) is 3.98. The third-order valence-corrected chi connectivity index (χ3v) is 13.0. The van der Waals surface area contributed by atoms with Gasteiger partial charge in [-0.15, -0.1) is 0 Å². The third kappa shape index (κ3) is 4.23. The second-order valence-corrected chi connectivity index (χ2v) is 15.3. The van der Waals surface area contributed by atoms with Gasteiger partial charge in [0.2, 0.25) is 0 Å². The number of benzene rings is 8. The molecule has 0 aliphatic carbocycles. The Kier molecular flexibility index (Phi) is 6.30. The molecule has 11 rings (SSSR count). The first kappa shape index (κ1) is 28.7. The Hall–Kier alpha value is -6.12. The van der Waals surface area contributed by atoms with Gasteiger partial charge >= 0.3 is 301 Å². The fraction of sp³-hybridized carbons (Fsp3) is 0. The summed E-state index contributed by atoms with van der Waals surface area (Å²) < 4.78 is 14.9. The molecule has 0 aliphatic heterocycles. The van der Waals surface area contributed by atoms with Crippen molar-refractivity contribution in [2.75, 3.05) is 0 Å². The second-order valence-electron chi connectivity index (χ2n) is 13.1. The van der Waals surface area contributed by atoms with E-state index in [4.69, 9.17) is 8.83 Å². The molecule has 3 heteroatoms. The van der Waals surface area contributed by atoms with Crippen molar-refractivity contribution in [1.29, 1.82) is 0 Å². The van der Waals surface area contributed by atoms with Crippen molar-refractivity contribution in [1.82, 2.24) is 0 Å². The maximum atomic E-state index is 6.02. The molecule has 0 saturated heterocycles. The van der Waals surface area contributed by atoms with Gasteiger partial charge in [0.05, 0.1) is 0 Å². The van der Waals surface area contributed by atoms with Gasteiger partial charge in [-0.1, -0.05) is 0 Å². The molecule has 0 unspecified atom stereocenters. The summed E-state index contributed by atoms with van der Waals surface area (Å²) in [4.78, 5) is 0. The van der Waals surface area contributed by atoms with Crippen LogP contribution in [-0.4, -0.2) is 14.5 Å². The molecule has 3 heterocycles. The Labute approximate surface area is 299 Å². The van der Waals surface area contributed by atoms with Crippen molar-refractivity contribution in [3.8, 4) is 44.9 Å². The number of hydrogen-bond donors (Lipinski definition) is 0. The zero-order valence-corrected chi connectivity index (χ0v) is 29.1. The molecule has 0 atom stereocenters. The van der Waals surface area contributed by atoms with Gasteiger partial charge in [0.1, 0.15) is 0 Å². The summed E-state index contributed by atoms with van der Waals surface area (Å²) in [6.45, 7) is 0. The minimum atomic E-state index is 0.148. The van der Waals surface area contributed by atoms with E-state index in [1.54, 1.807) is 12.5 Å². The van der Waals surface area contributed by atoms with Gasteiger partial charge < -0.3 is 0 Å². The normalized spacial score (nSPS) is 11.9. The van der Waals surface area contributed by atoms with Crippen LogP contribution in [0.2, 0.25) is 0 Å². The number of fused-ring (bicyclic) bond motifs is 7. The Morgan fingerprint density at radius 2 is 0.784 bits per heavy atom. The first-order valence-corrected chi connectivity index (χ1v) is 19.0. The molecule has 51 heavy (non-hydrogen) atoms. The van der Waals surface area contributed by atoms with Crippen LogP contribution in [0.15, 0.2) is 179 Å². The zero-order chi connectivity index (χ0) is 33.5. The van der Waals surface area contributed by atoms with Crippen LogP contribution in [-0.2, 0) is 0 Å². The molecule has 3 aromatic heterocycles. The molecule has 0 aliphatic rings. The summed E-state index contributed by atoms with van der Waals surface area (Å²) in [5.41, 5.74) is 7.42. The first-order valence-electron chi connectivity index (χ1n) is 17.2. The summed E-state index contributed by atoms with van der Waals surface area (Å²) >= 11 is 0.148. The molecule has 11 aromatic rings. The molecule has 0 saturated carbocycles. The van der Waals surface area contributed by atoms with Crippen LogP contribution < -0.4 is 0 Å². The fourth-order valence-electron chi connectivity index (χ4n) is 8.38. The summed E-state index contributed by atoms with van der Waals surface area (Å²) in [5, 5.41) is 12.5. The van der Waals surface area contributed by atoms with E-state index < -0.39 is 0 Å². The molecule has 0 radical (unpaired) electrons. The number of hydrogen-bond acceptors (Lipinski definition) is 2. The average molecular weight is 716 g/mol. The van der Waals surface area contributed by atoms with Crippen molar-refractivity contribution in [2.24, 2.45) is 0 Å². The van der Waals surface area contributed by atoms with Gasteiger partial charge in [0.15, 0.2) is 0 Å². The van der Waals surface area contributed by atoms with Gasteiger partial charge in [-0.05, 0) is 0 Å². The van der Waals surface area contributed by atoms with Crippen molar-refractivity contribution >= 4 is 76.9 Å². The van der Waals surface area contributed by atoms with Gasteiger partial charge in [-0.25, -0.2) is 0 Å². The Bertz CT molecular complexity index is 3010. The van der Waals surface area contributed by atoms with E-state index >= 15 is 0 Å². The Balaban J connectivity index is 1.19. The summed E-state index contributed by atoms with van der Waals surface area (Å²) in [6.07, 6.45) is 3.53. The first-order chi connectivity index (χ1) is 25.3. The van der Waals surface area contributed by atoms with Crippen molar-refractivity contribution in [2.45, 2.75) is 0 Å². The van der Waals surface area contributed by atoms with E-state index in [-0.39, 0.29) is 14.5 Å². The predicted octanol–water partition coefficient (Wildman–Crippen LogP) is 13.5.